The average Bonchev–Trinajstić information content (AvgIpc) is 2.74. The lowest BCUT2D eigenvalue weighted by atomic mass is 10.0. The van der Waals surface area contributed by atoms with Crippen LogP contribution in [0.3, 0.4) is 0 Å². The molecule has 0 unspecified atom stereocenters. The van der Waals surface area contributed by atoms with E-state index in [0.717, 1.165) is 31.7 Å². The number of halogens is 1. The van der Waals surface area contributed by atoms with Crippen LogP contribution in [0.5, 0.6) is 0 Å². The van der Waals surface area contributed by atoms with Crippen molar-refractivity contribution in [2.75, 3.05) is 0 Å². The Bertz CT molecular complexity index is 629. The molecule has 0 heterocycles. The van der Waals surface area contributed by atoms with E-state index < -0.39 is 26.9 Å². The highest BCUT2D eigenvalue weighted by Gasteiger charge is 2.34. The van der Waals surface area contributed by atoms with Crippen LogP contribution in [0.4, 0.5) is 4.39 Å². The molecule has 0 saturated heterocycles. The van der Waals surface area contributed by atoms with Gasteiger partial charge in [0.15, 0.2) is 0 Å². The zero-order valence-corrected chi connectivity index (χ0v) is 11.4. The van der Waals surface area contributed by atoms with E-state index in [2.05, 4.69) is 4.72 Å². The van der Waals surface area contributed by atoms with Crippen molar-refractivity contribution in [1.29, 1.82) is 5.26 Å². The summed E-state index contributed by atoms with van der Waals surface area (Å²) >= 11 is 0. The number of nitriles is 1. The molecule has 0 radical (unpaired) electrons. The maximum atomic E-state index is 13.5. The molecule has 4 nitrogen and oxygen atoms in total. The van der Waals surface area contributed by atoms with Gasteiger partial charge in [-0.2, -0.15) is 5.26 Å². The fourth-order valence-corrected chi connectivity index (χ4v) is 4.11. The highest BCUT2D eigenvalue weighted by molar-refractivity contribution is 7.89. The van der Waals surface area contributed by atoms with E-state index in [9.17, 15) is 12.8 Å². The Morgan fingerprint density at radius 1 is 1.37 bits per heavy atom. The molecule has 1 aliphatic rings. The van der Waals surface area contributed by atoms with Crippen molar-refractivity contribution in [3.63, 3.8) is 0 Å². The van der Waals surface area contributed by atoms with E-state index in [1.807, 2.05) is 6.92 Å². The normalized spacial score (nSPS) is 18.2. The van der Waals surface area contributed by atoms with Gasteiger partial charge < -0.3 is 0 Å². The zero-order valence-electron chi connectivity index (χ0n) is 10.6. The van der Waals surface area contributed by atoms with Crippen molar-refractivity contribution in [2.24, 2.45) is 0 Å². The predicted molar refractivity (Wildman–Crippen MR) is 68.3 cm³/mol. The lowest BCUT2D eigenvalue weighted by molar-refractivity contribution is 0.427. The molecule has 1 N–H and O–H groups in total. The number of hydrogen-bond acceptors (Lipinski definition) is 3. The van der Waals surface area contributed by atoms with Gasteiger partial charge in [-0.1, -0.05) is 18.9 Å². The summed E-state index contributed by atoms with van der Waals surface area (Å²) in [5, 5.41) is 8.91. The Hall–Kier alpha value is -1.45. The molecule has 0 atom stereocenters. The molecule has 0 aliphatic heterocycles. The van der Waals surface area contributed by atoms with Crippen molar-refractivity contribution in [3.8, 4) is 6.07 Å². The van der Waals surface area contributed by atoms with E-state index >= 15 is 0 Å². The molecule has 19 heavy (non-hydrogen) atoms. The van der Waals surface area contributed by atoms with Gasteiger partial charge >= 0.3 is 0 Å². The first-order valence-electron chi connectivity index (χ1n) is 6.11. The third-order valence-electron chi connectivity index (χ3n) is 3.46. The zero-order chi connectivity index (χ0) is 14.1. The predicted octanol–water partition coefficient (Wildman–Crippen LogP) is 2.31. The van der Waals surface area contributed by atoms with Crippen LogP contribution >= 0.6 is 0 Å². The Kier molecular flexibility index (Phi) is 3.61. The maximum Gasteiger partial charge on any atom is 0.242 e. The molecular weight excluding hydrogens is 267 g/mol. The highest BCUT2D eigenvalue weighted by atomic mass is 32.2. The Morgan fingerprint density at radius 2 is 2.00 bits per heavy atom. The summed E-state index contributed by atoms with van der Waals surface area (Å²) < 4.78 is 40.7. The van der Waals surface area contributed by atoms with Gasteiger partial charge in [0.05, 0.1) is 0 Å². The summed E-state index contributed by atoms with van der Waals surface area (Å²) in [6.07, 6.45) is 3.44. The molecule has 1 aromatic carbocycles. The lowest BCUT2D eigenvalue weighted by Gasteiger charge is -2.25. The molecule has 1 saturated carbocycles. The molecule has 0 amide bonds. The first-order valence-corrected chi connectivity index (χ1v) is 7.59. The van der Waals surface area contributed by atoms with Gasteiger partial charge in [-0.3, -0.25) is 0 Å². The van der Waals surface area contributed by atoms with Crippen LogP contribution < -0.4 is 4.72 Å². The fourth-order valence-electron chi connectivity index (χ4n) is 2.47. The fraction of sp³-hybridized carbons (Fsp3) is 0.462. The summed E-state index contributed by atoms with van der Waals surface area (Å²) in [4.78, 5) is -0.289. The minimum atomic E-state index is -3.88. The first kappa shape index (κ1) is 14.0. The first-order chi connectivity index (χ1) is 8.88. The van der Waals surface area contributed by atoms with Crippen molar-refractivity contribution in [3.05, 3.63) is 29.6 Å². The summed E-state index contributed by atoms with van der Waals surface area (Å²) in [6.45, 7) is 1.84. The summed E-state index contributed by atoms with van der Waals surface area (Å²) in [5.74, 6) is -0.818. The van der Waals surface area contributed by atoms with Crippen molar-refractivity contribution >= 4 is 10.0 Å². The number of hydrogen-bond donors (Lipinski definition) is 1. The van der Waals surface area contributed by atoms with Crippen LogP contribution in [0.1, 0.15) is 38.2 Å². The Balaban J connectivity index is 2.41. The SMILES string of the molecule is CC1(NS(=O)(=O)c2cccc(F)c2C#N)CCCC1. The summed E-state index contributed by atoms with van der Waals surface area (Å²) in [5.41, 5.74) is -0.936. The molecule has 0 aromatic heterocycles. The largest absolute Gasteiger partial charge is 0.242 e. The van der Waals surface area contributed by atoms with E-state index in [1.165, 1.54) is 12.1 Å². The smallest absolute Gasteiger partial charge is 0.207 e. The van der Waals surface area contributed by atoms with Crippen LogP contribution in [0.2, 0.25) is 0 Å². The second-order valence-electron chi connectivity index (χ2n) is 5.10. The van der Waals surface area contributed by atoms with Crippen LogP contribution in [-0.4, -0.2) is 14.0 Å². The molecule has 0 bridgehead atoms. The Morgan fingerprint density at radius 3 is 2.58 bits per heavy atom. The van der Waals surface area contributed by atoms with Crippen molar-refractivity contribution < 1.29 is 12.8 Å². The number of benzene rings is 1. The Labute approximate surface area is 112 Å². The van der Waals surface area contributed by atoms with Crippen LogP contribution in [0.15, 0.2) is 23.1 Å². The van der Waals surface area contributed by atoms with Gasteiger partial charge in [0.25, 0.3) is 0 Å². The number of rotatable bonds is 3. The van der Waals surface area contributed by atoms with Gasteiger partial charge in [-0.15, -0.1) is 0 Å². The molecule has 2 rings (SSSR count). The average molecular weight is 282 g/mol. The number of sulfonamides is 1. The second-order valence-corrected chi connectivity index (χ2v) is 6.75. The lowest BCUT2D eigenvalue weighted by Crippen LogP contribution is -2.43. The maximum absolute atomic E-state index is 13.5. The molecule has 102 valence electrons. The summed E-state index contributed by atoms with van der Waals surface area (Å²) in [6, 6.07) is 5.24. The van der Waals surface area contributed by atoms with Gasteiger partial charge in [0.1, 0.15) is 22.3 Å². The van der Waals surface area contributed by atoms with Crippen LogP contribution in [0.25, 0.3) is 0 Å². The topological polar surface area (TPSA) is 70.0 Å². The van der Waals surface area contributed by atoms with Gasteiger partial charge in [-0.25, -0.2) is 17.5 Å². The van der Waals surface area contributed by atoms with Crippen molar-refractivity contribution in [1.82, 2.24) is 4.72 Å². The summed E-state index contributed by atoms with van der Waals surface area (Å²) in [7, 11) is -3.88. The van der Waals surface area contributed by atoms with E-state index in [-0.39, 0.29) is 4.90 Å². The standard InChI is InChI=1S/C13H15FN2O2S/c1-13(7-2-3-8-13)16-19(17,18)12-6-4-5-11(14)10(12)9-15/h4-6,16H,2-3,7-8H2,1H3. The third kappa shape index (κ3) is 2.77. The highest BCUT2D eigenvalue weighted by Crippen LogP contribution is 2.31. The quantitative estimate of drug-likeness (QED) is 0.924. The van der Waals surface area contributed by atoms with Gasteiger partial charge in [0.2, 0.25) is 10.0 Å². The van der Waals surface area contributed by atoms with E-state index in [4.69, 9.17) is 5.26 Å². The third-order valence-corrected chi connectivity index (χ3v) is 5.15. The van der Waals surface area contributed by atoms with Crippen LogP contribution in [0, 0.1) is 17.1 Å². The minimum Gasteiger partial charge on any atom is -0.207 e. The molecule has 1 aromatic rings. The molecule has 6 heteroatoms. The van der Waals surface area contributed by atoms with E-state index in [1.54, 1.807) is 6.07 Å². The van der Waals surface area contributed by atoms with Crippen LogP contribution in [-0.2, 0) is 10.0 Å². The number of nitrogens with one attached hydrogen (secondary N) is 1. The molecular formula is C13H15FN2O2S. The van der Waals surface area contributed by atoms with Gasteiger partial charge in [-0.05, 0) is 31.9 Å². The minimum absolute atomic E-state index is 0.289. The van der Waals surface area contributed by atoms with Gasteiger partial charge in [0, 0.05) is 5.54 Å². The van der Waals surface area contributed by atoms with Crippen molar-refractivity contribution in [2.45, 2.75) is 43.0 Å². The second kappa shape index (κ2) is 4.91. The van der Waals surface area contributed by atoms with E-state index in [0.29, 0.717) is 0 Å². The number of nitrogens with zero attached hydrogens (tertiary/aromatic N) is 1. The molecule has 1 aliphatic carbocycles. The molecule has 1 fully saturated rings. The molecule has 0 spiro atoms. The monoisotopic (exact) mass is 282 g/mol.